The number of esters is 1. The summed E-state index contributed by atoms with van der Waals surface area (Å²) in [6.45, 7) is 20.0. The number of aliphatic hydroxyl groups is 1. The molecule has 0 radical (unpaired) electrons. The van der Waals surface area contributed by atoms with Crippen molar-refractivity contribution in [3.05, 3.63) is 25.3 Å². The average molecular weight is 507 g/mol. The SMILES string of the molecule is C=CCOC(=O)[C@@H]1[C@H]2C(=O)N([C@H](C)CO)C(C(=O)N(CC=C)C(C)(C)CC(C)(C)C)C23CC[C@H]1S3. The van der Waals surface area contributed by atoms with Crippen molar-refractivity contribution >= 4 is 29.5 Å². The zero-order valence-corrected chi connectivity index (χ0v) is 22.9. The highest BCUT2D eigenvalue weighted by Gasteiger charge is 2.74. The van der Waals surface area contributed by atoms with E-state index in [0.717, 1.165) is 12.8 Å². The first-order chi connectivity index (χ1) is 16.3. The molecule has 3 aliphatic rings. The maximum absolute atomic E-state index is 14.5. The fourth-order valence-corrected chi connectivity index (χ4v) is 8.93. The highest BCUT2D eigenvalue weighted by atomic mass is 32.2. The van der Waals surface area contributed by atoms with Gasteiger partial charge >= 0.3 is 5.97 Å². The average Bonchev–Trinajstić information content (AvgIpc) is 3.40. The Balaban J connectivity index is 2.07. The molecule has 196 valence electrons. The Labute approximate surface area is 214 Å². The first-order valence-corrected chi connectivity index (χ1v) is 13.4. The van der Waals surface area contributed by atoms with Crippen LogP contribution in [0.2, 0.25) is 0 Å². The van der Waals surface area contributed by atoms with Crippen molar-refractivity contribution in [3.8, 4) is 0 Å². The van der Waals surface area contributed by atoms with Gasteiger partial charge in [-0.2, -0.15) is 0 Å². The van der Waals surface area contributed by atoms with Crippen molar-refractivity contribution in [2.45, 2.75) is 88.4 Å². The van der Waals surface area contributed by atoms with Crippen LogP contribution in [0.1, 0.15) is 60.8 Å². The number of carbonyl (C=O) groups is 3. The Hall–Kier alpha value is -1.80. The third-order valence-corrected chi connectivity index (χ3v) is 9.55. The number of ether oxygens (including phenoxy) is 1. The fraction of sp³-hybridized carbons (Fsp3) is 0.741. The topological polar surface area (TPSA) is 87.1 Å². The van der Waals surface area contributed by atoms with E-state index in [1.54, 1.807) is 29.7 Å². The summed E-state index contributed by atoms with van der Waals surface area (Å²) in [6.07, 6.45) is 5.43. The number of nitrogens with zero attached hydrogens (tertiary/aromatic N) is 2. The van der Waals surface area contributed by atoms with E-state index in [4.69, 9.17) is 4.74 Å². The largest absolute Gasteiger partial charge is 0.461 e. The van der Waals surface area contributed by atoms with E-state index < -0.39 is 40.2 Å². The second-order valence-corrected chi connectivity index (χ2v) is 13.6. The van der Waals surface area contributed by atoms with E-state index in [9.17, 15) is 19.5 Å². The summed E-state index contributed by atoms with van der Waals surface area (Å²) in [5, 5.41) is 9.99. The van der Waals surface area contributed by atoms with Gasteiger partial charge in [-0.3, -0.25) is 14.4 Å². The third kappa shape index (κ3) is 4.80. The Morgan fingerprint density at radius 1 is 1.29 bits per heavy atom. The Morgan fingerprint density at radius 2 is 1.94 bits per heavy atom. The molecule has 2 bridgehead atoms. The Bertz CT molecular complexity index is 881. The molecule has 3 aliphatic heterocycles. The predicted octanol–water partition coefficient (Wildman–Crippen LogP) is 3.42. The van der Waals surface area contributed by atoms with E-state index in [1.807, 2.05) is 4.90 Å². The Morgan fingerprint density at radius 3 is 2.49 bits per heavy atom. The molecule has 1 N–H and O–H groups in total. The van der Waals surface area contributed by atoms with Crippen LogP contribution in [0, 0.1) is 17.3 Å². The highest BCUT2D eigenvalue weighted by molar-refractivity contribution is 8.02. The lowest BCUT2D eigenvalue weighted by Gasteiger charge is -2.46. The van der Waals surface area contributed by atoms with Crippen LogP contribution in [-0.2, 0) is 19.1 Å². The number of hydrogen-bond donors (Lipinski definition) is 1. The molecule has 7 nitrogen and oxygen atoms in total. The van der Waals surface area contributed by atoms with Gasteiger partial charge in [0.1, 0.15) is 12.6 Å². The van der Waals surface area contributed by atoms with E-state index in [1.165, 1.54) is 6.08 Å². The number of aliphatic hydroxyl groups excluding tert-OH is 1. The zero-order valence-electron chi connectivity index (χ0n) is 22.1. The molecule has 3 fully saturated rings. The normalized spacial score (nSPS) is 30.7. The number of amides is 2. The molecule has 0 aromatic heterocycles. The number of fused-ring (bicyclic) bond motifs is 1. The van der Waals surface area contributed by atoms with E-state index >= 15 is 0 Å². The van der Waals surface area contributed by atoms with Crippen molar-refractivity contribution in [3.63, 3.8) is 0 Å². The Kier molecular flexibility index (Phi) is 7.88. The summed E-state index contributed by atoms with van der Waals surface area (Å²) >= 11 is 1.61. The standard InChI is InChI=1S/C27H42N2O5S/c1-9-13-28(26(7,8)16-25(4,5)6)23(32)21-27-12-11-18(35-27)19(24(33)34-14-10-2)20(27)22(31)29(21)17(3)15-30/h9-10,17-21,30H,1-2,11-16H2,3-8H3/t17-,18-,19+,20+,21?,27?/m1/s1. The van der Waals surface area contributed by atoms with Gasteiger partial charge in [0.2, 0.25) is 11.8 Å². The number of rotatable bonds is 10. The van der Waals surface area contributed by atoms with Gasteiger partial charge in [0, 0.05) is 17.3 Å². The monoisotopic (exact) mass is 506 g/mol. The lowest BCUT2D eigenvalue weighted by molar-refractivity contribution is -0.153. The maximum Gasteiger partial charge on any atom is 0.311 e. The van der Waals surface area contributed by atoms with Crippen LogP contribution < -0.4 is 0 Å². The van der Waals surface area contributed by atoms with Gasteiger partial charge in [-0.05, 0) is 45.4 Å². The van der Waals surface area contributed by atoms with E-state index in [2.05, 4.69) is 47.8 Å². The predicted molar refractivity (Wildman–Crippen MR) is 139 cm³/mol. The molecule has 3 rings (SSSR count). The summed E-state index contributed by atoms with van der Waals surface area (Å²) in [6, 6.07) is -1.30. The molecule has 0 aromatic carbocycles. The molecule has 0 saturated carbocycles. The molecule has 0 aromatic rings. The van der Waals surface area contributed by atoms with E-state index in [0.29, 0.717) is 13.0 Å². The van der Waals surface area contributed by atoms with Gasteiger partial charge in [-0.1, -0.05) is 39.5 Å². The van der Waals surface area contributed by atoms with Crippen LogP contribution in [-0.4, -0.2) is 80.1 Å². The molecule has 3 heterocycles. The third-order valence-electron chi connectivity index (χ3n) is 7.60. The van der Waals surface area contributed by atoms with Crippen LogP contribution in [0.25, 0.3) is 0 Å². The quantitative estimate of drug-likeness (QED) is 0.361. The molecule has 6 atom stereocenters. The van der Waals surface area contributed by atoms with Crippen molar-refractivity contribution in [2.75, 3.05) is 19.8 Å². The molecule has 1 spiro atoms. The first kappa shape index (κ1) is 27.8. The summed E-state index contributed by atoms with van der Waals surface area (Å²) in [5.74, 6) is -2.00. The summed E-state index contributed by atoms with van der Waals surface area (Å²) < 4.78 is 4.68. The second-order valence-electron chi connectivity index (χ2n) is 12.0. The second kappa shape index (κ2) is 9.92. The van der Waals surface area contributed by atoms with Gasteiger partial charge in [0.25, 0.3) is 0 Å². The lowest BCUT2D eigenvalue weighted by Crippen LogP contribution is -2.61. The fourth-order valence-electron chi connectivity index (χ4n) is 6.74. The number of thioether (sulfide) groups is 1. The van der Waals surface area contributed by atoms with Crippen molar-refractivity contribution < 1.29 is 24.2 Å². The zero-order chi connectivity index (χ0) is 26.3. The van der Waals surface area contributed by atoms with Gasteiger partial charge < -0.3 is 19.6 Å². The molecule has 3 saturated heterocycles. The van der Waals surface area contributed by atoms with Crippen molar-refractivity contribution in [2.24, 2.45) is 17.3 Å². The number of carbonyl (C=O) groups excluding carboxylic acids is 3. The summed E-state index contributed by atoms with van der Waals surface area (Å²) in [4.78, 5) is 44.8. The summed E-state index contributed by atoms with van der Waals surface area (Å²) in [7, 11) is 0. The van der Waals surface area contributed by atoms with Crippen molar-refractivity contribution in [1.82, 2.24) is 9.80 Å². The smallest absolute Gasteiger partial charge is 0.311 e. The van der Waals surface area contributed by atoms with Crippen LogP contribution >= 0.6 is 11.8 Å². The number of likely N-dealkylation sites (tertiary alicyclic amines) is 1. The van der Waals surface area contributed by atoms with Gasteiger partial charge in [-0.15, -0.1) is 18.3 Å². The lowest BCUT2D eigenvalue weighted by atomic mass is 9.71. The maximum atomic E-state index is 14.5. The summed E-state index contributed by atoms with van der Waals surface area (Å²) in [5.41, 5.74) is -0.507. The minimum absolute atomic E-state index is 0.0197. The van der Waals surface area contributed by atoms with Gasteiger partial charge in [0.15, 0.2) is 0 Å². The van der Waals surface area contributed by atoms with Crippen molar-refractivity contribution in [1.29, 1.82) is 0 Å². The van der Waals surface area contributed by atoms with Gasteiger partial charge in [-0.25, -0.2) is 0 Å². The van der Waals surface area contributed by atoms with Gasteiger partial charge in [0.05, 0.1) is 29.2 Å². The van der Waals surface area contributed by atoms with Crippen LogP contribution in [0.4, 0.5) is 0 Å². The van der Waals surface area contributed by atoms with Crippen LogP contribution in [0.5, 0.6) is 0 Å². The molecule has 2 unspecified atom stereocenters. The minimum atomic E-state index is -0.756. The minimum Gasteiger partial charge on any atom is -0.461 e. The molecule has 8 heteroatoms. The molecule has 0 aliphatic carbocycles. The highest BCUT2D eigenvalue weighted by Crippen LogP contribution is 2.67. The molecular weight excluding hydrogens is 464 g/mol. The van der Waals surface area contributed by atoms with Crippen LogP contribution in [0.15, 0.2) is 25.3 Å². The molecule has 2 amide bonds. The number of hydrogen-bond acceptors (Lipinski definition) is 6. The van der Waals surface area contributed by atoms with E-state index in [-0.39, 0.29) is 35.7 Å². The molecular formula is C27H42N2O5S. The first-order valence-electron chi connectivity index (χ1n) is 12.6. The van der Waals surface area contributed by atoms with Crippen LogP contribution in [0.3, 0.4) is 0 Å². The molecule has 35 heavy (non-hydrogen) atoms.